The van der Waals surface area contributed by atoms with E-state index in [0.717, 1.165) is 27.6 Å². The number of methoxy groups -OCH3 is 3. The van der Waals surface area contributed by atoms with Gasteiger partial charge in [0.15, 0.2) is 11.5 Å². The van der Waals surface area contributed by atoms with Gasteiger partial charge in [0.25, 0.3) is 0 Å². The molecule has 0 amide bonds. The Balaban J connectivity index is 1.95. The molecule has 5 heteroatoms. The first kappa shape index (κ1) is 15.4. The second-order valence-electron chi connectivity index (χ2n) is 4.84. The van der Waals surface area contributed by atoms with Gasteiger partial charge in [-0.2, -0.15) is 0 Å². The fraction of sp³-hybridized carbons (Fsp3) is 0.167. The maximum absolute atomic E-state index is 5.36. The molecule has 3 aromatic rings. The van der Waals surface area contributed by atoms with Crippen molar-refractivity contribution in [2.24, 2.45) is 0 Å². The van der Waals surface area contributed by atoms with Crippen LogP contribution in [0.5, 0.6) is 17.2 Å². The molecule has 0 bridgehead atoms. The molecule has 0 unspecified atom stereocenters. The van der Waals surface area contributed by atoms with Gasteiger partial charge in [0.05, 0.1) is 27.0 Å². The summed E-state index contributed by atoms with van der Waals surface area (Å²) in [6, 6.07) is 13.7. The van der Waals surface area contributed by atoms with Gasteiger partial charge >= 0.3 is 0 Å². The van der Waals surface area contributed by atoms with Crippen molar-refractivity contribution in [1.29, 1.82) is 0 Å². The Morgan fingerprint density at radius 3 is 2.39 bits per heavy atom. The molecule has 0 aliphatic carbocycles. The lowest BCUT2D eigenvalue weighted by Crippen LogP contribution is -1.90. The summed E-state index contributed by atoms with van der Waals surface area (Å²) in [6.45, 7) is 0. The smallest absolute Gasteiger partial charge is 0.161 e. The highest BCUT2D eigenvalue weighted by Crippen LogP contribution is 2.35. The second-order valence-corrected chi connectivity index (χ2v) is 5.70. The summed E-state index contributed by atoms with van der Waals surface area (Å²) >= 11 is 1.60. The lowest BCUT2D eigenvalue weighted by Gasteiger charge is -2.08. The average Bonchev–Trinajstić information content (AvgIpc) is 3.11. The first-order valence-electron chi connectivity index (χ1n) is 7.07. The third-order valence-corrected chi connectivity index (χ3v) is 4.39. The molecule has 2 aromatic carbocycles. The third-order valence-electron chi connectivity index (χ3n) is 3.50. The Hall–Kier alpha value is -2.53. The molecule has 4 nitrogen and oxygen atoms in total. The molecule has 3 rings (SSSR count). The van der Waals surface area contributed by atoms with Crippen molar-refractivity contribution in [2.75, 3.05) is 21.3 Å². The number of rotatable bonds is 5. The summed E-state index contributed by atoms with van der Waals surface area (Å²) in [5.74, 6) is 2.23. The minimum Gasteiger partial charge on any atom is -0.497 e. The molecule has 0 N–H and O–H groups in total. The molecule has 0 atom stereocenters. The largest absolute Gasteiger partial charge is 0.497 e. The Morgan fingerprint density at radius 2 is 1.65 bits per heavy atom. The van der Waals surface area contributed by atoms with E-state index in [0.29, 0.717) is 11.5 Å². The van der Waals surface area contributed by atoms with E-state index in [1.807, 2.05) is 47.8 Å². The monoisotopic (exact) mass is 327 g/mol. The molecule has 0 radical (unpaired) electrons. The zero-order valence-corrected chi connectivity index (χ0v) is 14.0. The van der Waals surface area contributed by atoms with Gasteiger partial charge in [0.1, 0.15) is 10.8 Å². The van der Waals surface area contributed by atoms with Gasteiger partial charge in [0.2, 0.25) is 0 Å². The molecule has 0 spiro atoms. The molecule has 1 heterocycles. The van der Waals surface area contributed by atoms with Crippen LogP contribution in [0.25, 0.3) is 21.8 Å². The molecule has 1 aromatic heterocycles. The van der Waals surface area contributed by atoms with Crippen LogP contribution in [0.15, 0.2) is 47.8 Å². The first-order valence-corrected chi connectivity index (χ1v) is 7.95. The normalized spacial score (nSPS) is 10.4. The van der Waals surface area contributed by atoms with Gasteiger partial charge in [-0.15, -0.1) is 11.3 Å². The summed E-state index contributed by atoms with van der Waals surface area (Å²) < 4.78 is 15.9. The Kier molecular flexibility index (Phi) is 4.48. The number of aromatic nitrogens is 1. The minimum absolute atomic E-state index is 0.697. The first-order chi connectivity index (χ1) is 11.2. The molecule has 23 heavy (non-hydrogen) atoms. The molecule has 0 saturated carbocycles. The van der Waals surface area contributed by atoms with Gasteiger partial charge in [0, 0.05) is 16.5 Å². The zero-order chi connectivity index (χ0) is 16.2. The second kappa shape index (κ2) is 6.71. The molecule has 0 aliphatic heterocycles. The number of hydrogen-bond donors (Lipinski definition) is 0. The quantitative estimate of drug-likeness (QED) is 0.691. The maximum Gasteiger partial charge on any atom is 0.161 e. The van der Waals surface area contributed by atoms with Gasteiger partial charge < -0.3 is 14.2 Å². The summed E-state index contributed by atoms with van der Waals surface area (Å²) in [4.78, 5) is 4.72. The van der Waals surface area contributed by atoms with E-state index in [1.165, 1.54) is 0 Å². The van der Waals surface area contributed by atoms with E-state index in [1.54, 1.807) is 32.7 Å². The highest BCUT2D eigenvalue weighted by atomic mass is 32.1. The molecule has 118 valence electrons. The highest BCUT2D eigenvalue weighted by molar-refractivity contribution is 7.13. The lowest BCUT2D eigenvalue weighted by molar-refractivity contribution is 0.355. The number of ether oxygens (including phenoxy) is 3. The van der Waals surface area contributed by atoms with Crippen molar-refractivity contribution in [3.05, 3.63) is 47.8 Å². The van der Waals surface area contributed by atoms with Gasteiger partial charge in [-0.25, -0.2) is 4.98 Å². The SMILES string of the molecule is COc1cccc(-c2csc(-c3ccc(OC)c(OC)c3)n2)c1. The molecule has 0 fully saturated rings. The van der Waals surface area contributed by atoms with E-state index in [9.17, 15) is 0 Å². The third kappa shape index (κ3) is 3.14. The Morgan fingerprint density at radius 1 is 0.826 bits per heavy atom. The molecule has 0 saturated heterocycles. The Bertz CT molecular complexity index is 814. The molecular formula is C18H17NO3S. The predicted octanol–water partition coefficient (Wildman–Crippen LogP) is 4.50. The summed E-state index contributed by atoms with van der Waals surface area (Å²) in [7, 11) is 4.92. The topological polar surface area (TPSA) is 40.6 Å². The Labute approximate surface area is 139 Å². The van der Waals surface area contributed by atoms with Crippen LogP contribution < -0.4 is 14.2 Å². The van der Waals surface area contributed by atoms with E-state index in [-0.39, 0.29) is 0 Å². The fourth-order valence-corrected chi connectivity index (χ4v) is 3.12. The summed E-state index contributed by atoms with van der Waals surface area (Å²) in [6.07, 6.45) is 0. The van der Waals surface area contributed by atoms with Crippen LogP contribution in [-0.2, 0) is 0 Å². The molecule has 0 aliphatic rings. The minimum atomic E-state index is 0.697. The summed E-state index contributed by atoms with van der Waals surface area (Å²) in [5.41, 5.74) is 2.97. The zero-order valence-electron chi connectivity index (χ0n) is 13.2. The van der Waals surface area contributed by atoms with Crippen molar-refractivity contribution < 1.29 is 14.2 Å². The van der Waals surface area contributed by atoms with E-state index < -0.39 is 0 Å². The van der Waals surface area contributed by atoms with Crippen LogP contribution in [0, 0.1) is 0 Å². The van der Waals surface area contributed by atoms with Crippen molar-refractivity contribution in [1.82, 2.24) is 4.98 Å². The van der Waals surface area contributed by atoms with Crippen LogP contribution >= 0.6 is 11.3 Å². The van der Waals surface area contributed by atoms with Crippen molar-refractivity contribution in [2.45, 2.75) is 0 Å². The number of hydrogen-bond acceptors (Lipinski definition) is 5. The van der Waals surface area contributed by atoms with Crippen molar-refractivity contribution >= 4 is 11.3 Å². The fourth-order valence-electron chi connectivity index (χ4n) is 2.29. The van der Waals surface area contributed by atoms with Crippen LogP contribution in [-0.4, -0.2) is 26.3 Å². The lowest BCUT2D eigenvalue weighted by atomic mass is 10.1. The van der Waals surface area contributed by atoms with E-state index in [4.69, 9.17) is 19.2 Å². The summed E-state index contributed by atoms with van der Waals surface area (Å²) in [5, 5.41) is 2.98. The maximum atomic E-state index is 5.36. The predicted molar refractivity (Wildman–Crippen MR) is 92.6 cm³/mol. The molecular weight excluding hydrogens is 310 g/mol. The number of thiazole rings is 1. The van der Waals surface area contributed by atoms with Crippen LogP contribution in [0.2, 0.25) is 0 Å². The van der Waals surface area contributed by atoms with E-state index in [2.05, 4.69) is 0 Å². The number of nitrogens with zero attached hydrogens (tertiary/aromatic N) is 1. The van der Waals surface area contributed by atoms with Crippen molar-refractivity contribution in [3.63, 3.8) is 0 Å². The van der Waals surface area contributed by atoms with E-state index >= 15 is 0 Å². The number of benzene rings is 2. The van der Waals surface area contributed by atoms with Crippen LogP contribution in [0.3, 0.4) is 0 Å². The van der Waals surface area contributed by atoms with Gasteiger partial charge in [-0.05, 0) is 30.3 Å². The highest BCUT2D eigenvalue weighted by Gasteiger charge is 2.11. The average molecular weight is 327 g/mol. The van der Waals surface area contributed by atoms with Crippen LogP contribution in [0.1, 0.15) is 0 Å². The van der Waals surface area contributed by atoms with Gasteiger partial charge in [-0.1, -0.05) is 12.1 Å². The van der Waals surface area contributed by atoms with Gasteiger partial charge in [-0.3, -0.25) is 0 Å². The van der Waals surface area contributed by atoms with Crippen LogP contribution in [0.4, 0.5) is 0 Å². The standard InChI is InChI=1S/C18H17NO3S/c1-20-14-6-4-5-12(9-14)15-11-23-18(19-15)13-7-8-16(21-2)17(10-13)22-3/h4-11H,1-3H3. The van der Waals surface area contributed by atoms with Crippen molar-refractivity contribution in [3.8, 4) is 39.1 Å².